The molecule has 106 valence electrons. The molecule has 1 aromatic carbocycles. The van der Waals surface area contributed by atoms with Crippen molar-refractivity contribution in [2.75, 3.05) is 11.9 Å². The molecule has 0 heterocycles. The second-order valence-corrected chi connectivity index (χ2v) is 3.94. The molecule has 0 saturated heterocycles. The Bertz CT molecular complexity index is 420. The fourth-order valence-electron chi connectivity index (χ4n) is 1.39. The lowest BCUT2D eigenvalue weighted by molar-refractivity contribution is -0.117. The van der Waals surface area contributed by atoms with Crippen LogP contribution in [0.3, 0.4) is 0 Å². The highest BCUT2D eigenvalue weighted by molar-refractivity contribution is 5.97. The van der Waals surface area contributed by atoms with E-state index in [0.717, 1.165) is 0 Å². The summed E-state index contributed by atoms with van der Waals surface area (Å²) in [7, 11) is 0. The van der Waals surface area contributed by atoms with Crippen molar-refractivity contribution in [3.8, 4) is 0 Å². The normalized spacial score (nSPS) is 11.1. The smallest absolute Gasteiger partial charge is 0.251 e. The zero-order valence-electron chi connectivity index (χ0n) is 11.1. The maximum Gasteiger partial charge on any atom is 0.251 e. The van der Waals surface area contributed by atoms with Crippen LogP contribution in [0.25, 0.3) is 0 Å². The van der Waals surface area contributed by atoms with Crippen LogP contribution < -0.4 is 16.4 Å². The molecule has 6 heteroatoms. The van der Waals surface area contributed by atoms with Crippen LogP contribution >= 0.6 is 12.4 Å². The van der Waals surface area contributed by atoms with Gasteiger partial charge in [0.05, 0.1) is 6.04 Å². The molecule has 1 rings (SSSR count). The van der Waals surface area contributed by atoms with Crippen LogP contribution in [-0.4, -0.2) is 24.4 Å². The van der Waals surface area contributed by atoms with Gasteiger partial charge in [-0.3, -0.25) is 9.59 Å². The van der Waals surface area contributed by atoms with Crippen LogP contribution in [0.5, 0.6) is 0 Å². The molecule has 19 heavy (non-hydrogen) atoms. The summed E-state index contributed by atoms with van der Waals surface area (Å²) < 4.78 is 0. The summed E-state index contributed by atoms with van der Waals surface area (Å²) in [5.74, 6) is -0.344. The topological polar surface area (TPSA) is 84.2 Å². The number of rotatable bonds is 5. The van der Waals surface area contributed by atoms with Crippen LogP contribution in [-0.2, 0) is 4.79 Å². The zero-order chi connectivity index (χ0) is 13.5. The Morgan fingerprint density at radius 1 is 1.21 bits per heavy atom. The minimum absolute atomic E-state index is 0. The fraction of sp³-hybridized carbons (Fsp3) is 0.385. The maximum atomic E-state index is 11.5. The Balaban J connectivity index is 0.00000324. The molecule has 1 aromatic rings. The lowest BCUT2D eigenvalue weighted by Gasteiger charge is -2.10. The molecule has 0 aliphatic carbocycles. The van der Waals surface area contributed by atoms with Crippen LogP contribution in [0, 0.1) is 0 Å². The first-order valence-electron chi connectivity index (χ1n) is 6.03. The largest absolute Gasteiger partial charge is 0.352 e. The van der Waals surface area contributed by atoms with Gasteiger partial charge in [0.15, 0.2) is 0 Å². The van der Waals surface area contributed by atoms with Crippen molar-refractivity contribution in [1.29, 1.82) is 0 Å². The van der Waals surface area contributed by atoms with Gasteiger partial charge in [-0.1, -0.05) is 6.92 Å². The van der Waals surface area contributed by atoms with E-state index in [4.69, 9.17) is 5.73 Å². The van der Waals surface area contributed by atoms with Gasteiger partial charge in [-0.15, -0.1) is 12.4 Å². The van der Waals surface area contributed by atoms with E-state index in [1.165, 1.54) is 0 Å². The van der Waals surface area contributed by atoms with E-state index in [9.17, 15) is 9.59 Å². The van der Waals surface area contributed by atoms with Gasteiger partial charge < -0.3 is 16.4 Å². The standard InChI is InChI=1S/C13H19N3O2.ClH/c1-3-11(14)13(18)16-10-7-5-9(6-8-10)12(17)15-4-2;/h5-8,11H,3-4,14H2,1-2H3,(H,15,17)(H,16,18);1H/t11-;/m0./s1. The first-order valence-corrected chi connectivity index (χ1v) is 6.03. The molecular formula is C13H20ClN3O2. The van der Waals surface area contributed by atoms with E-state index < -0.39 is 6.04 Å². The molecule has 0 radical (unpaired) electrons. The van der Waals surface area contributed by atoms with Crippen molar-refractivity contribution in [3.05, 3.63) is 29.8 Å². The van der Waals surface area contributed by atoms with Crippen LogP contribution in [0.4, 0.5) is 5.69 Å². The molecule has 4 N–H and O–H groups in total. The maximum absolute atomic E-state index is 11.5. The molecule has 2 amide bonds. The molecule has 0 aromatic heterocycles. The van der Waals surface area contributed by atoms with Crippen molar-refractivity contribution in [2.24, 2.45) is 5.73 Å². The number of nitrogens with one attached hydrogen (secondary N) is 2. The predicted molar refractivity (Wildman–Crippen MR) is 78.6 cm³/mol. The first-order chi connectivity index (χ1) is 8.58. The highest BCUT2D eigenvalue weighted by atomic mass is 35.5. The van der Waals surface area contributed by atoms with Gasteiger partial charge in [-0.25, -0.2) is 0 Å². The summed E-state index contributed by atoms with van der Waals surface area (Å²) in [6, 6.07) is 6.19. The Hall–Kier alpha value is -1.59. The zero-order valence-corrected chi connectivity index (χ0v) is 11.9. The molecule has 0 fully saturated rings. The van der Waals surface area contributed by atoms with Gasteiger partial charge in [-0.2, -0.15) is 0 Å². The SMILES string of the molecule is CCNC(=O)c1ccc(NC(=O)[C@@H](N)CC)cc1.Cl. The van der Waals surface area contributed by atoms with E-state index in [1.54, 1.807) is 24.3 Å². The van der Waals surface area contributed by atoms with Crippen molar-refractivity contribution >= 4 is 29.9 Å². The number of halogens is 1. The Morgan fingerprint density at radius 3 is 2.26 bits per heavy atom. The van der Waals surface area contributed by atoms with Gasteiger partial charge in [0.2, 0.25) is 5.91 Å². The number of nitrogens with two attached hydrogens (primary N) is 1. The number of hydrogen-bond donors (Lipinski definition) is 3. The second-order valence-electron chi connectivity index (χ2n) is 3.94. The average Bonchev–Trinajstić information content (AvgIpc) is 2.38. The van der Waals surface area contributed by atoms with Gasteiger partial charge in [0.25, 0.3) is 5.91 Å². The van der Waals surface area contributed by atoms with E-state index in [2.05, 4.69) is 10.6 Å². The van der Waals surface area contributed by atoms with Gasteiger partial charge >= 0.3 is 0 Å². The Labute approximate surface area is 119 Å². The average molecular weight is 286 g/mol. The van der Waals surface area contributed by atoms with Crippen molar-refractivity contribution in [3.63, 3.8) is 0 Å². The van der Waals surface area contributed by atoms with Gasteiger partial charge in [-0.05, 0) is 37.6 Å². The number of benzene rings is 1. The van der Waals surface area contributed by atoms with Crippen LogP contribution in [0.2, 0.25) is 0 Å². The molecule has 0 saturated carbocycles. The van der Waals surface area contributed by atoms with Crippen molar-refractivity contribution < 1.29 is 9.59 Å². The van der Waals surface area contributed by atoms with Crippen LogP contribution in [0.1, 0.15) is 30.6 Å². The number of amides is 2. The summed E-state index contributed by atoms with van der Waals surface area (Å²) in [5.41, 5.74) is 6.81. The number of anilines is 1. The summed E-state index contributed by atoms with van der Waals surface area (Å²) in [6.45, 7) is 4.30. The molecule has 5 nitrogen and oxygen atoms in total. The Morgan fingerprint density at radius 2 is 1.79 bits per heavy atom. The number of carbonyl (C=O) groups is 2. The number of hydrogen-bond acceptors (Lipinski definition) is 3. The first kappa shape index (κ1) is 17.4. The summed E-state index contributed by atoms with van der Waals surface area (Å²) in [4.78, 5) is 23.1. The monoisotopic (exact) mass is 285 g/mol. The van der Waals surface area contributed by atoms with E-state index in [1.807, 2.05) is 13.8 Å². The molecule has 0 aliphatic rings. The molecule has 0 aliphatic heterocycles. The quantitative estimate of drug-likeness (QED) is 0.767. The third-order valence-electron chi connectivity index (χ3n) is 2.53. The molecule has 0 spiro atoms. The predicted octanol–water partition coefficient (Wildman–Crippen LogP) is 1.53. The minimum atomic E-state index is -0.506. The fourth-order valence-corrected chi connectivity index (χ4v) is 1.39. The second kappa shape index (κ2) is 8.50. The van der Waals surface area contributed by atoms with Crippen LogP contribution in [0.15, 0.2) is 24.3 Å². The van der Waals surface area contributed by atoms with Gasteiger partial charge in [0, 0.05) is 17.8 Å². The van der Waals surface area contributed by atoms with Crippen molar-refractivity contribution in [1.82, 2.24) is 5.32 Å². The third-order valence-corrected chi connectivity index (χ3v) is 2.53. The lowest BCUT2D eigenvalue weighted by Crippen LogP contribution is -2.34. The van der Waals surface area contributed by atoms with Crippen molar-refractivity contribution in [2.45, 2.75) is 26.3 Å². The molecule has 1 atom stereocenters. The van der Waals surface area contributed by atoms with Gasteiger partial charge in [0.1, 0.15) is 0 Å². The molecular weight excluding hydrogens is 266 g/mol. The third kappa shape index (κ3) is 5.28. The molecule has 0 bridgehead atoms. The number of carbonyl (C=O) groups excluding carboxylic acids is 2. The van der Waals surface area contributed by atoms with E-state index >= 15 is 0 Å². The summed E-state index contributed by atoms with van der Waals surface area (Å²) in [5, 5.41) is 5.40. The summed E-state index contributed by atoms with van der Waals surface area (Å²) >= 11 is 0. The van der Waals surface area contributed by atoms with E-state index in [0.29, 0.717) is 24.2 Å². The Kier molecular flexibility index (Phi) is 7.79. The highest BCUT2D eigenvalue weighted by Gasteiger charge is 2.11. The lowest BCUT2D eigenvalue weighted by atomic mass is 10.1. The summed E-state index contributed by atoms with van der Waals surface area (Å²) in [6.07, 6.45) is 0.586. The van der Waals surface area contributed by atoms with E-state index in [-0.39, 0.29) is 24.2 Å². The molecule has 0 unspecified atom stereocenters. The highest BCUT2D eigenvalue weighted by Crippen LogP contribution is 2.10. The minimum Gasteiger partial charge on any atom is -0.352 e.